The highest BCUT2D eigenvalue weighted by Gasteiger charge is 2.33. The molecule has 1 saturated carbocycles. The molecule has 0 aromatic carbocycles. The molecule has 0 aliphatic heterocycles. The normalized spacial score (nSPS) is 20.8. The van der Waals surface area contributed by atoms with Gasteiger partial charge < -0.3 is 5.32 Å². The van der Waals surface area contributed by atoms with E-state index in [-0.39, 0.29) is 23.7 Å². The number of rotatable bonds is 5. The van der Waals surface area contributed by atoms with Gasteiger partial charge in [0, 0.05) is 12.3 Å². The van der Waals surface area contributed by atoms with Crippen LogP contribution in [0.3, 0.4) is 0 Å². The molecule has 20 heavy (non-hydrogen) atoms. The van der Waals surface area contributed by atoms with Gasteiger partial charge in [0.1, 0.15) is 0 Å². The van der Waals surface area contributed by atoms with Gasteiger partial charge in [-0.25, -0.2) is 0 Å². The van der Waals surface area contributed by atoms with Crippen LogP contribution >= 0.6 is 0 Å². The molecule has 2 aliphatic rings. The van der Waals surface area contributed by atoms with Gasteiger partial charge in [0.25, 0.3) is 5.91 Å². The molecule has 0 aromatic rings. The van der Waals surface area contributed by atoms with Gasteiger partial charge in [0.15, 0.2) is 5.78 Å². The first-order valence-electron chi connectivity index (χ1n) is 7.79. The number of hydrogen-bond donors (Lipinski definition) is 1. The number of Topliss-reactive ketones (excluding diaryl/α,β-unsaturated/α-hetero) is 1. The Kier molecular flexibility index (Phi) is 4.82. The predicted molar refractivity (Wildman–Crippen MR) is 79.2 cm³/mol. The quantitative estimate of drug-likeness (QED) is 0.783. The first-order valence-corrected chi connectivity index (χ1v) is 7.79. The fourth-order valence-corrected chi connectivity index (χ4v) is 3.12. The molecule has 0 heterocycles. The monoisotopic (exact) mass is 275 g/mol. The van der Waals surface area contributed by atoms with Crippen LogP contribution < -0.4 is 5.32 Å². The van der Waals surface area contributed by atoms with Crippen molar-refractivity contribution < 1.29 is 9.59 Å². The van der Waals surface area contributed by atoms with E-state index in [9.17, 15) is 9.59 Å². The summed E-state index contributed by atoms with van der Waals surface area (Å²) in [5, 5.41) is 2.99. The lowest BCUT2D eigenvalue weighted by Crippen LogP contribution is -2.48. The third-order valence-electron chi connectivity index (χ3n) is 4.36. The lowest BCUT2D eigenvalue weighted by Gasteiger charge is -2.31. The average Bonchev–Trinajstić information content (AvgIpc) is 2.41. The Morgan fingerprint density at radius 2 is 1.80 bits per heavy atom. The van der Waals surface area contributed by atoms with Crippen molar-refractivity contribution in [1.82, 2.24) is 5.32 Å². The molecule has 0 saturated heterocycles. The molecule has 3 nitrogen and oxygen atoms in total. The predicted octanol–water partition coefficient (Wildman–Crippen LogP) is 3.15. The standard InChI is InChI=1S/C17H25NO2/c1-11(2)16(19)15(13-7-5-4-6-8-13)18-17(20)14-9-12(3)10-14/h11,13,15H,4-9H2,1-3H3,(H,18,20)/t15-/m1/s1. The molecule has 1 N–H and O–H groups in total. The third-order valence-corrected chi connectivity index (χ3v) is 4.36. The summed E-state index contributed by atoms with van der Waals surface area (Å²) < 4.78 is 0. The first-order chi connectivity index (χ1) is 9.49. The van der Waals surface area contributed by atoms with E-state index in [4.69, 9.17) is 0 Å². The molecule has 0 spiro atoms. The summed E-state index contributed by atoms with van der Waals surface area (Å²) in [5.74, 6) is 0.356. The maximum atomic E-state index is 12.4. The van der Waals surface area contributed by atoms with Gasteiger partial charge in [-0.15, -0.1) is 5.73 Å². The van der Waals surface area contributed by atoms with Crippen molar-refractivity contribution in [3.05, 3.63) is 16.9 Å². The zero-order chi connectivity index (χ0) is 14.7. The van der Waals surface area contributed by atoms with E-state index in [0.29, 0.717) is 17.9 Å². The Morgan fingerprint density at radius 3 is 2.30 bits per heavy atom. The first kappa shape index (κ1) is 15.1. The highest BCUT2D eigenvalue weighted by atomic mass is 16.2. The topological polar surface area (TPSA) is 46.2 Å². The molecule has 1 fully saturated rings. The molecule has 0 unspecified atom stereocenters. The van der Waals surface area contributed by atoms with Crippen molar-refractivity contribution in [1.29, 1.82) is 0 Å². The van der Waals surface area contributed by atoms with E-state index >= 15 is 0 Å². The Morgan fingerprint density at radius 1 is 1.20 bits per heavy atom. The fraction of sp³-hybridized carbons (Fsp3) is 0.706. The molecule has 0 radical (unpaired) electrons. The van der Waals surface area contributed by atoms with Crippen LogP contribution in [0.15, 0.2) is 16.9 Å². The number of carbonyl (C=O) groups excluding carboxylic acids is 2. The SMILES string of the molecule is CC1=C=C(C(=O)N[C@@H](C(=O)C(C)C)C2CCCCC2)C1. The number of ketones is 1. The summed E-state index contributed by atoms with van der Waals surface area (Å²) in [4.78, 5) is 24.6. The molecule has 1 atom stereocenters. The van der Waals surface area contributed by atoms with Crippen LogP contribution in [-0.4, -0.2) is 17.7 Å². The lowest BCUT2D eigenvalue weighted by molar-refractivity contribution is -0.129. The van der Waals surface area contributed by atoms with Crippen molar-refractivity contribution in [3.63, 3.8) is 0 Å². The molecular weight excluding hydrogens is 250 g/mol. The van der Waals surface area contributed by atoms with Gasteiger partial charge in [-0.1, -0.05) is 33.1 Å². The maximum Gasteiger partial charge on any atom is 0.255 e. The summed E-state index contributed by atoms with van der Waals surface area (Å²) in [7, 11) is 0. The summed E-state index contributed by atoms with van der Waals surface area (Å²) in [5.41, 5.74) is 4.83. The third kappa shape index (κ3) is 3.40. The minimum Gasteiger partial charge on any atom is -0.342 e. The van der Waals surface area contributed by atoms with Crippen molar-refractivity contribution in [2.45, 2.75) is 65.3 Å². The molecule has 3 heteroatoms. The van der Waals surface area contributed by atoms with Crippen molar-refractivity contribution in [3.8, 4) is 0 Å². The smallest absolute Gasteiger partial charge is 0.255 e. The second-order valence-electron chi connectivity index (χ2n) is 6.47. The van der Waals surface area contributed by atoms with Gasteiger partial charge in [-0.3, -0.25) is 9.59 Å². The summed E-state index contributed by atoms with van der Waals surface area (Å²) in [6, 6.07) is -0.307. The average molecular weight is 275 g/mol. The lowest BCUT2D eigenvalue weighted by atomic mass is 9.80. The van der Waals surface area contributed by atoms with E-state index in [1.165, 1.54) is 19.3 Å². The highest BCUT2D eigenvalue weighted by Crippen LogP contribution is 2.28. The second-order valence-corrected chi connectivity index (χ2v) is 6.47. The minimum absolute atomic E-state index is 0.0325. The van der Waals surface area contributed by atoms with Gasteiger partial charge in [-0.05, 0) is 31.3 Å². The summed E-state index contributed by atoms with van der Waals surface area (Å²) >= 11 is 0. The minimum atomic E-state index is -0.307. The van der Waals surface area contributed by atoms with Gasteiger partial charge in [0.2, 0.25) is 0 Å². The number of hydrogen-bond acceptors (Lipinski definition) is 2. The van der Waals surface area contributed by atoms with Crippen molar-refractivity contribution in [2.75, 3.05) is 0 Å². The van der Waals surface area contributed by atoms with Crippen LogP contribution in [0.5, 0.6) is 0 Å². The number of nitrogens with one attached hydrogen (secondary N) is 1. The highest BCUT2D eigenvalue weighted by molar-refractivity contribution is 5.99. The Labute approximate surface area is 121 Å². The van der Waals surface area contributed by atoms with E-state index < -0.39 is 0 Å². The van der Waals surface area contributed by atoms with Crippen LogP contribution in [0.25, 0.3) is 0 Å². The van der Waals surface area contributed by atoms with Crippen LogP contribution in [0.4, 0.5) is 0 Å². The van der Waals surface area contributed by atoms with Crippen LogP contribution in [-0.2, 0) is 9.59 Å². The van der Waals surface area contributed by atoms with Gasteiger partial charge in [0.05, 0.1) is 11.6 Å². The molecule has 2 rings (SSSR count). The molecular formula is C17H25NO2. The van der Waals surface area contributed by atoms with Crippen LogP contribution in [0.1, 0.15) is 59.3 Å². The molecule has 110 valence electrons. The Bertz CT molecular complexity index is 463. The number of carbonyl (C=O) groups is 2. The van der Waals surface area contributed by atoms with Crippen LogP contribution in [0, 0.1) is 11.8 Å². The van der Waals surface area contributed by atoms with Crippen LogP contribution in [0.2, 0.25) is 0 Å². The maximum absolute atomic E-state index is 12.4. The molecule has 0 aromatic heterocycles. The number of amides is 1. The van der Waals surface area contributed by atoms with E-state index in [2.05, 4.69) is 11.0 Å². The second kappa shape index (κ2) is 6.41. The zero-order valence-electron chi connectivity index (χ0n) is 12.8. The van der Waals surface area contributed by atoms with Gasteiger partial charge >= 0.3 is 0 Å². The Hall–Kier alpha value is -1.34. The van der Waals surface area contributed by atoms with Crippen molar-refractivity contribution in [2.24, 2.45) is 11.8 Å². The molecule has 2 aliphatic carbocycles. The largest absolute Gasteiger partial charge is 0.342 e. The van der Waals surface area contributed by atoms with Crippen molar-refractivity contribution >= 4 is 11.7 Å². The fourth-order valence-electron chi connectivity index (χ4n) is 3.12. The Balaban J connectivity index is 2.08. The molecule has 1 amide bonds. The summed E-state index contributed by atoms with van der Waals surface area (Å²) in [6.07, 6.45) is 6.40. The molecule has 0 bridgehead atoms. The zero-order valence-corrected chi connectivity index (χ0v) is 12.8. The summed E-state index contributed by atoms with van der Waals surface area (Å²) in [6.45, 7) is 5.79. The van der Waals surface area contributed by atoms with E-state index in [1.54, 1.807) is 0 Å². The van der Waals surface area contributed by atoms with E-state index in [1.807, 2.05) is 20.8 Å². The van der Waals surface area contributed by atoms with Gasteiger partial charge in [-0.2, -0.15) is 0 Å². The van der Waals surface area contributed by atoms with E-state index in [0.717, 1.165) is 18.4 Å².